The maximum Gasteiger partial charge on any atom is 0.195 e. The number of oxazole rings is 1. The van der Waals surface area contributed by atoms with Crippen LogP contribution < -0.4 is 5.32 Å². The summed E-state index contributed by atoms with van der Waals surface area (Å²) in [6.07, 6.45) is 4.90. The van der Waals surface area contributed by atoms with Crippen molar-refractivity contribution < 1.29 is 4.42 Å². The fourth-order valence-electron chi connectivity index (χ4n) is 1.66. The molecule has 1 atom stereocenters. The van der Waals surface area contributed by atoms with Crippen LogP contribution in [0.15, 0.2) is 10.6 Å². The predicted molar refractivity (Wildman–Crippen MR) is 75.7 cm³/mol. The van der Waals surface area contributed by atoms with Crippen molar-refractivity contribution in [3.63, 3.8) is 0 Å². The van der Waals surface area contributed by atoms with E-state index in [9.17, 15) is 0 Å². The van der Waals surface area contributed by atoms with Crippen LogP contribution >= 0.6 is 0 Å². The molecule has 0 radical (unpaired) electrons. The minimum atomic E-state index is 0.315. The van der Waals surface area contributed by atoms with Crippen LogP contribution in [0.5, 0.6) is 0 Å². The van der Waals surface area contributed by atoms with Gasteiger partial charge in [0.1, 0.15) is 5.76 Å². The summed E-state index contributed by atoms with van der Waals surface area (Å²) in [5.74, 6) is 2.47. The molecule has 1 aromatic heterocycles. The van der Waals surface area contributed by atoms with Gasteiger partial charge in [0.2, 0.25) is 0 Å². The lowest BCUT2D eigenvalue weighted by Crippen LogP contribution is -2.19. The zero-order chi connectivity index (χ0) is 13.6. The standard InChI is InChI=1S/C15H28N2O/c1-6-8-16-9-7-14-17-11-13(18-14)10-12(2)15(3,4)5/h11-12,16H,6-10H2,1-5H3. The van der Waals surface area contributed by atoms with Gasteiger partial charge in [-0.25, -0.2) is 4.98 Å². The average molecular weight is 252 g/mol. The largest absolute Gasteiger partial charge is 0.446 e. The zero-order valence-corrected chi connectivity index (χ0v) is 12.5. The van der Waals surface area contributed by atoms with Gasteiger partial charge in [0.05, 0.1) is 6.20 Å². The number of hydrogen-bond donors (Lipinski definition) is 1. The Bertz CT molecular complexity index is 339. The first kappa shape index (κ1) is 15.2. The lowest BCUT2D eigenvalue weighted by molar-refractivity contribution is 0.246. The Morgan fingerprint density at radius 1 is 1.33 bits per heavy atom. The monoisotopic (exact) mass is 252 g/mol. The summed E-state index contributed by atoms with van der Waals surface area (Å²) < 4.78 is 5.78. The predicted octanol–water partition coefficient (Wildman–Crippen LogP) is 3.44. The summed E-state index contributed by atoms with van der Waals surface area (Å²) >= 11 is 0. The van der Waals surface area contributed by atoms with Crippen molar-refractivity contribution in [2.24, 2.45) is 11.3 Å². The van der Waals surface area contributed by atoms with Gasteiger partial charge >= 0.3 is 0 Å². The van der Waals surface area contributed by atoms with E-state index in [1.54, 1.807) is 0 Å². The second-order valence-electron chi connectivity index (χ2n) is 6.19. The molecule has 3 heteroatoms. The summed E-state index contributed by atoms with van der Waals surface area (Å²) in [7, 11) is 0. The van der Waals surface area contributed by atoms with Crippen LogP contribution in [0, 0.1) is 11.3 Å². The molecule has 0 bridgehead atoms. The third-order valence-electron chi connectivity index (χ3n) is 3.53. The molecule has 0 fully saturated rings. The fraction of sp³-hybridized carbons (Fsp3) is 0.800. The Labute approximate surface area is 111 Å². The van der Waals surface area contributed by atoms with Crippen molar-refractivity contribution >= 4 is 0 Å². The molecule has 0 aliphatic carbocycles. The molecule has 1 aromatic rings. The van der Waals surface area contributed by atoms with Crippen molar-refractivity contribution in [2.45, 2.75) is 53.9 Å². The first-order chi connectivity index (χ1) is 8.43. The van der Waals surface area contributed by atoms with E-state index in [4.69, 9.17) is 4.42 Å². The van der Waals surface area contributed by atoms with Gasteiger partial charge in [-0.05, 0) is 24.3 Å². The number of rotatable bonds is 7. The van der Waals surface area contributed by atoms with Crippen molar-refractivity contribution in [1.82, 2.24) is 10.3 Å². The van der Waals surface area contributed by atoms with E-state index in [1.807, 2.05) is 6.20 Å². The van der Waals surface area contributed by atoms with Gasteiger partial charge < -0.3 is 9.73 Å². The molecule has 0 aliphatic heterocycles. The molecule has 0 saturated carbocycles. The summed E-state index contributed by atoms with van der Waals surface area (Å²) in [4.78, 5) is 4.34. The molecule has 1 rings (SSSR count). The SMILES string of the molecule is CCCNCCc1ncc(CC(C)C(C)(C)C)o1. The van der Waals surface area contributed by atoms with Crippen molar-refractivity contribution in [3.8, 4) is 0 Å². The molecule has 3 nitrogen and oxygen atoms in total. The van der Waals surface area contributed by atoms with Gasteiger partial charge in [0, 0.05) is 19.4 Å². The third-order valence-corrected chi connectivity index (χ3v) is 3.53. The van der Waals surface area contributed by atoms with E-state index in [0.29, 0.717) is 11.3 Å². The van der Waals surface area contributed by atoms with Crippen molar-refractivity contribution in [2.75, 3.05) is 13.1 Å². The highest BCUT2D eigenvalue weighted by Gasteiger charge is 2.21. The second kappa shape index (κ2) is 6.93. The maximum atomic E-state index is 5.78. The Balaban J connectivity index is 2.39. The van der Waals surface area contributed by atoms with Gasteiger partial charge in [-0.1, -0.05) is 34.6 Å². The Hall–Kier alpha value is -0.830. The number of nitrogens with one attached hydrogen (secondary N) is 1. The lowest BCUT2D eigenvalue weighted by atomic mass is 9.80. The topological polar surface area (TPSA) is 38.1 Å². The molecular formula is C15H28N2O. The van der Waals surface area contributed by atoms with Crippen LogP contribution in [-0.4, -0.2) is 18.1 Å². The Kier molecular flexibility index (Phi) is 5.86. The first-order valence-corrected chi connectivity index (χ1v) is 7.07. The summed E-state index contributed by atoms with van der Waals surface area (Å²) in [6, 6.07) is 0. The molecule has 1 heterocycles. The highest BCUT2D eigenvalue weighted by atomic mass is 16.4. The van der Waals surface area contributed by atoms with Gasteiger partial charge in [-0.3, -0.25) is 0 Å². The molecule has 18 heavy (non-hydrogen) atoms. The summed E-state index contributed by atoms with van der Waals surface area (Å²) in [5.41, 5.74) is 0.315. The second-order valence-corrected chi connectivity index (χ2v) is 6.19. The van der Waals surface area contributed by atoms with E-state index in [-0.39, 0.29) is 0 Å². The smallest absolute Gasteiger partial charge is 0.195 e. The highest BCUT2D eigenvalue weighted by molar-refractivity contribution is 4.97. The zero-order valence-electron chi connectivity index (χ0n) is 12.5. The Morgan fingerprint density at radius 3 is 2.67 bits per heavy atom. The van der Waals surface area contributed by atoms with E-state index >= 15 is 0 Å². The van der Waals surface area contributed by atoms with Crippen LogP contribution in [0.4, 0.5) is 0 Å². The molecule has 104 valence electrons. The van der Waals surface area contributed by atoms with Crippen LogP contribution in [0.25, 0.3) is 0 Å². The summed E-state index contributed by atoms with van der Waals surface area (Å²) in [5, 5.41) is 3.36. The van der Waals surface area contributed by atoms with Gasteiger partial charge in [0.15, 0.2) is 5.89 Å². The highest BCUT2D eigenvalue weighted by Crippen LogP contribution is 2.28. The Morgan fingerprint density at radius 2 is 2.06 bits per heavy atom. The molecular weight excluding hydrogens is 224 g/mol. The quantitative estimate of drug-likeness (QED) is 0.755. The average Bonchev–Trinajstić information content (AvgIpc) is 2.71. The van der Waals surface area contributed by atoms with Gasteiger partial charge in [-0.15, -0.1) is 0 Å². The van der Waals surface area contributed by atoms with E-state index < -0.39 is 0 Å². The maximum absolute atomic E-state index is 5.78. The van der Waals surface area contributed by atoms with Gasteiger partial charge in [-0.2, -0.15) is 0 Å². The number of hydrogen-bond acceptors (Lipinski definition) is 3. The van der Waals surface area contributed by atoms with Crippen LogP contribution in [0.1, 0.15) is 52.7 Å². The molecule has 1 N–H and O–H groups in total. The fourth-order valence-corrected chi connectivity index (χ4v) is 1.66. The van der Waals surface area contributed by atoms with E-state index in [2.05, 4.69) is 44.9 Å². The normalized spacial score (nSPS) is 13.8. The molecule has 0 aromatic carbocycles. The molecule has 0 spiro atoms. The minimum Gasteiger partial charge on any atom is -0.446 e. The van der Waals surface area contributed by atoms with E-state index in [0.717, 1.165) is 37.6 Å². The number of aromatic nitrogens is 1. The van der Waals surface area contributed by atoms with Crippen molar-refractivity contribution in [3.05, 3.63) is 17.8 Å². The molecule has 0 saturated heterocycles. The summed E-state index contributed by atoms with van der Waals surface area (Å²) in [6.45, 7) is 13.3. The van der Waals surface area contributed by atoms with Crippen molar-refractivity contribution in [1.29, 1.82) is 0 Å². The minimum absolute atomic E-state index is 0.315. The van der Waals surface area contributed by atoms with Crippen LogP contribution in [0.3, 0.4) is 0 Å². The lowest BCUT2D eigenvalue weighted by Gasteiger charge is -2.26. The number of nitrogens with zero attached hydrogens (tertiary/aromatic N) is 1. The third kappa shape index (κ3) is 5.21. The molecule has 0 aliphatic rings. The molecule has 1 unspecified atom stereocenters. The van der Waals surface area contributed by atoms with E-state index in [1.165, 1.54) is 6.42 Å². The van der Waals surface area contributed by atoms with Crippen LogP contribution in [-0.2, 0) is 12.8 Å². The van der Waals surface area contributed by atoms with Gasteiger partial charge in [0.25, 0.3) is 0 Å². The molecule has 0 amide bonds. The first-order valence-electron chi connectivity index (χ1n) is 7.07. The van der Waals surface area contributed by atoms with Crippen LogP contribution in [0.2, 0.25) is 0 Å².